The van der Waals surface area contributed by atoms with Crippen LogP contribution in [0.3, 0.4) is 0 Å². The largest absolute Gasteiger partial charge is 0.456 e. The molecule has 0 fully saturated rings. The van der Waals surface area contributed by atoms with Crippen molar-refractivity contribution in [3.05, 3.63) is 223 Å². The van der Waals surface area contributed by atoms with Gasteiger partial charge in [-0.1, -0.05) is 170 Å². The highest BCUT2D eigenvalue weighted by Crippen LogP contribution is 2.56. The van der Waals surface area contributed by atoms with E-state index in [1.54, 1.807) is 0 Å². The Bertz CT molecular complexity index is 3310. The van der Waals surface area contributed by atoms with Crippen LogP contribution in [0.5, 0.6) is 0 Å². The van der Waals surface area contributed by atoms with Crippen molar-refractivity contribution in [1.29, 1.82) is 0 Å². The summed E-state index contributed by atoms with van der Waals surface area (Å²) in [5.74, 6) is 0.612. The van der Waals surface area contributed by atoms with Gasteiger partial charge in [-0.15, -0.1) is 0 Å². The minimum atomic E-state index is -0.735. The van der Waals surface area contributed by atoms with Crippen molar-refractivity contribution >= 4 is 43.7 Å². The van der Waals surface area contributed by atoms with Gasteiger partial charge in [0.15, 0.2) is 0 Å². The molecule has 57 heavy (non-hydrogen) atoms. The van der Waals surface area contributed by atoms with Crippen LogP contribution in [0, 0.1) is 0 Å². The molecule has 1 aliphatic rings. The zero-order valence-electron chi connectivity index (χ0n) is 30.8. The van der Waals surface area contributed by atoms with E-state index in [4.69, 9.17) is 14.4 Å². The van der Waals surface area contributed by atoms with Crippen molar-refractivity contribution in [2.45, 2.75) is 5.41 Å². The van der Waals surface area contributed by atoms with Crippen LogP contribution in [0.25, 0.3) is 83.2 Å². The zero-order chi connectivity index (χ0) is 37.5. The Morgan fingerprint density at radius 3 is 1.82 bits per heavy atom. The number of para-hydroxylation sites is 2. The Hall–Kier alpha value is -7.56. The molecule has 8 aromatic carbocycles. The highest BCUT2D eigenvalue weighted by Gasteiger charge is 2.47. The lowest BCUT2D eigenvalue weighted by molar-refractivity contribution is 0.669. The Kier molecular flexibility index (Phi) is 6.81. The second-order valence-electron chi connectivity index (χ2n) is 14.9. The van der Waals surface area contributed by atoms with Crippen LogP contribution in [0.1, 0.15) is 22.4 Å². The van der Waals surface area contributed by atoms with Crippen molar-refractivity contribution in [1.82, 2.24) is 14.5 Å². The van der Waals surface area contributed by atoms with Crippen molar-refractivity contribution in [2.75, 3.05) is 0 Å². The van der Waals surface area contributed by atoms with Crippen LogP contribution < -0.4 is 0 Å². The first-order valence-corrected chi connectivity index (χ1v) is 19.4. The van der Waals surface area contributed by atoms with Gasteiger partial charge in [0.1, 0.15) is 11.2 Å². The molecule has 0 aliphatic heterocycles. The summed E-state index contributed by atoms with van der Waals surface area (Å²) in [6.45, 7) is 0. The number of rotatable bonds is 5. The fourth-order valence-corrected chi connectivity index (χ4v) is 9.51. The molecule has 3 heterocycles. The van der Waals surface area contributed by atoms with E-state index in [0.717, 1.165) is 77.4 Å². The average molecular weight is 728 g/mol. The zero-order valence-corrected chi connectivity index (χ0v) is 30.8. The van der Waals surface area contributed by atoms with E-state index in [9.17, 15) is 0 Å². The van der Waals surface area contributed by atoms with Gasteiger partial charge in [-0.2, -0.15) is 0 Å². The van der Waals surface area contributed by atoms with Crippen LogP contribution in [0.15, 0.2) is 205 Å². The van der Waals surface area contributed by atoms with E-state index < -0.39 is 5.41 Å². The normalized spacial score (nSPS) is 13.1. The second kappa shape index (κ2) is 12.2. The van der Waals surface area contributed by atoms with Gasteiger partial charge < -0.3 is 4.42 Å². The summed E-state index contributed by atoms with van der Waals surface area (Å²) >= 11 is 0. The van der Waals surface area contributed by atoms with E-state index in [-0.39, 0.29) is 0 Å². The maximum Gasteiger partial charge on any atom is 0.235 e. The van der Waals surface area contributed by atoms with Crippen molar-refractivity contribution in [3.8, 4) is 39.5 Å². The third-order valence-corrected chi connectivity index (χ3v) is 11.9. The molecule has 0 amide bonds. The minimum Gasteiger partial charge on any atom is -0.456 e. The molecule has 4 nitrogen and oxygen atoms in total. The maximum atomic E-state index is 6.45. The lowest BCUT2D eigenvalue weighted by atomic mass is 9.69. The molecule has 0 unspecified atom stereocenters. The summed E-state index contributed by atoms with van der Waals surface area (Å²) in [4.78, 5) is 11.4. The molecule has 3 aromatic heterocycles. The standard InChI is InChI=1S/C53H33N3O/c1-3-16-34(17-4-1)35-30-31-40-39-22-9-13-27-46(39)56(47(40)32-35)52-54-45(41-24-15-29-49-51(41)42-23-10-14-28-48(42)57-49)33-50(55-52)53(36-18-5-2-6-19-36)43-25-11-7-20-37(43)38-21-8-12-26-44(38)53/h1-33H. The Morgan fingerprint density at radius 1 is 0.421 bits per heavy atom. The van der Waals surface area contributed by atoms with Gasteiger partial charge >= 0.3 is 0 Å². The molecule has 0 spiro atoms. The fraction of sp³-hybridized carbons (Fsp3) is 0.0189. The number of aromatic nitrogens is 3. The predicted octanol–water partition coefficient (Wildman–Crippen LogP) is 13.2. The first-order chi connectivity index (χ1) is 28.3. The molecule has 266 valence electrons. The third-order valence-electron chi connectivity index (χ3n) is 11.9. The third kappa shape index (κ3) is 4.56. The number of hydrogen-bond donors (Lipinski definition) is 0. The van der Waals surface area contributed by atoms with Gasteiger partial charge in [0, 0.05) is 27.1 Å². The highest BCUT2D eigenvalue weighted by atomic mass is 16.3. The summed E-state index contributed by atoms with van der Waals surface area (Å²) in [6.07, 6.45) is 0. The van der Waals surface area contributed by atoms with E-state index in [2.05, 4.69) is 193 Å². The molecule has 11 aromatic rings. The molecule has 0 bridgehead atoms. The SMILES string of the molecule is c1ccc(-c2ccc3c4ccccc4n(-c4nc(-c5cccc6oc7ccccc7c56)cc(C5(c6ccccc6)c6ccccc6-c6ccccc65)n4)c3c2)cc1. The van der Waals surface area contributed by atoms with Crippen LogP contribution in [0.4, 0.5) is 0 Å². The average Bonchev–Trinajstić information content (AvgIpc) is 3.93. The van der Waals surface area contributed by atoms with Crippen LogP contribution in [-0.4, -0.2) is 14.5 Å². The van der Waals surface area contributed by atoms with E-state index in [0.29, 0.717) is 5.95 Å². The van der Waals surface area contributed by atoms with Crippen molar-refractivity contribution in [3.63, 3.8) is 0 Å². The minimum absolute atomic E-state index is 0.612. The predicted molar refractivity (Wildman–Crippen MR) is 232 cm³/mol. The molecule has 0 atom stereocenters. The summed E-state index contributed by atoms with van der Waals surface area (Å²) in [7, 11) is 0. The van der Waals surface area contributed by atoms with Gasteiger partial charge in [0.25, 0.3) is 0 Å². The van der Waals surface area contributed by atoms with E-state index in [1.165, 1.54) is 22.3 Å². The van der Waals surface area contributed by atoms with Crippen molar-refractivity contribution in [2.24, 2.45) is 0 Å². The molecular weight excluding hydrogens is 695 g/mol. The number of nitrogens with zero attached hydrogens (tertiary/aromatic N) is 3. The smallest absolute Gasteiger partial charge is 0.235 e. The van der Waals surface area contributed by atoms with Gasteiger partial charge in [0.05, 0.1) is 27.8 Å². The van der Waals surface area contributed by atoms with Crippen LogP contribution in [-0.2, 0) is 5.41 Å². The topological polar surface area (TPSA) is 43.9 Å². The first kappa shape index (κ1) is 31.8. The van der Waals surface area contributed by atoms with E-state index in [1.807, 2.05) is 12.1 Å². The molecule has 0 radical (unpaired) electrons. The van der Waals surface area contributed by atoms with Gasteiger partial charge in [-0.3, -0.25) is 4.57 Å². The molecule has 0 N–H and O–H groups in total. The summed E-state index contributed by atoms with van der Waals surface area (Å²) in [5, 5.41) is 4.40. The Morgan fingerprint density at radius 2 is 1.04 bits per heavy atom. The molecular formula is C53H33N3O. The number of benzene rings is 8. The van der Waals surface area contributed by atoms with Crippen LogP contribution >= 0.6 is 0 Å². The molecule has 12 rings (SSSR count). The Labute approximate surface area is 329 Å². The highest BCUT2D eigenvalue weighted by molar-refractivity contribution is 6.12. The molecule has 4 heteroatoms. The van der Waals surface area contributed by atoms with Gasteiger partial charge in [-0.05, 0) is 69.3 Å². The maximum absolute atomic E-state index is 6.45. The first-order valence-electron chi connectivity index (χ1n) is 19.4. The summed E-state index contributed by atoms with van der Waals surface area (Å²) in [5.41, 5.74) is 14.1. The Balaban J connectivity index is 1.25. The quantitative estimate of drug-likeness (QED) is 0.177. The van der Waals surface area contributed by atoms with E-state index >= 15 is 0 Å². The van der Waals surface area contributed by atoms with Crippen LogP contribution in [0.2, 0.25) is 0 Å². The lowest BCUT2D eigenvalue weighted by Crippen LogP contribution is -2.30. The number of furan rings is 1. The van der Waals surface area contributed by atoms with Gasteiger partial charge in [0.2, 0.25) is 5.95 Å². The summed E-state index contributed by atoms with van der Waals surface area (Å²) < 4.78 is 8.72. The van der Waals surface area contributed by atoms with Gasteiger partial charge in [-0.25, -0.2) is 9.97 Å². The molecule has 0 saturated carbocycles. The second-order valence-corrected chi connectivity index (χ2v) is 14.9. The molecule has 0 saturated heterocycles. The van der Waals surface area contributed by atoms with Crippen molar-refractivity contribution < 1.29 is 4.42 Å². The number of fused-ring (bicyclic) bond motifs is 9. The lowest BCUT2D eigenvalue weighted by Gasteiger charge is -2.33. The summed E-state index contributed by atoms with van der Waals surface area (Å²) in [6, 6.07) is 71.2. The molecule has 1 aliphatic carbocycles. The fourth-order valence-electron chi connectivity index (χ4n) is 9.51. The number of hydrogen-bond acceptors (Lipinski definition) is 3. The monoisotopic (exact) mass is 727 g/mol.